The van der Waals surface area contributed by atoms with Gasteiger partial charge in [0.1, 0.15) is 22.6 Å². The van der Waals surface area contributed by atoms with Crippen molar-refractivity contribution in [3.05, 3.63) is 63.9 Å². The quantitative estimate of drug-likeness (QED) is 0.557. The van der Waals surface area contributed by atoms with Gasteiger partial charge >= 0.3 is 6.09 Å². The predicted octanol–water partition coefficient (Wildman–Crippen LogP) is 4.26. The van der Waals surface area contributed by atoms with Crippen LogP contribution in [-0.2, 0) is 11.2 Å². The Labute approximate surface area is 193 Å². The zero-order chi connectivity index (χ0) is 22.8. The SMILES string of the molecule is COC(=O)NC1C=Cn2c(-c3cc(O[C@H](C)c4ccccc4Cl)c(C(N)=O)s3)cnc2C1. The maximum Gasteiger partial charge on any atom is 0.407 e. The van der Waals surface area contributed by atoms with Crippen molar-refractivity contribution in [1.29, 1.82) is 0 Å². The second kappa shape index (κ2) is 9.05. The minimum absolute atomic E-state index is 0.218. The van der Waals surface area contributed by atoms with Crippen molar-refractivity contribution in [1.82, 2.24) is 14.9 Å². The van der Waals surface area contributed by atoms with Gasteiger partial charge in [0.25, 0.3) is 5.91 Å². The number of nitrogens with zero attached hydrogens (tertiary/aromatic N) is 2. The molecule has 166 valence electrons. The summed E-state index contributed by atoms with van der Waals surface area (Å²) in [6.07, 6.45) is 5.03. The molecule has 0 fully saturated rings. The summed E-state index contributed by atoms with van der Waals surface area (Å²) in [6, 6.07) is 8.96. The average Bonchev–Trinajstić information content (AvgIpc) is 3.37. The molecule has 1 aliphatic rings. The van der Waals surface area contributed by atoms with Gasteiger partial charge in [-0.05, 0) is 19.1 Å². The molecular formula is C22H21ClN4O4S. The van der Waals surface area contributed by atoms with Gasteiger partial charge in [-0.15, -0.1) is 11.3 Å². The van der Waals surface area contributed by atoms with Crippen molar-refractivity contribution in [2.45, 2.75) is 25.5 Å². The fourth-order valence-electron chi connectivity index (χ4n) is 3.48. The lowest BCUT2D eigenvalue weighted by molar-refractivity contribution is 0.0998. The number of hydrogen-bond acceptors (Lipinski definition) is 6. The molecule has 3 aromatic rings. The number of methoxy groups -OCH3 is 1. The lowest BCUT2D eigenvalue weighted by Gasteiger charge is -2.19. The van der Waals surface area contributed by atoms with Gasteiger partial charge in [0.2, 0.25) is 0 Å². The van der Waals surface area contributed by atoms with Crippen LogP contribution >= 0.6 is 22.9 Å². The van der Waals surface area contributed by atoms with Crippen LogP contribution in [0.2, 0.25) is 5.02 Å². The summed E-state index contributed by atoms with van der Waals surface area (Å²) in [5.74, 6) is 0.592. The van der Waals surface area contributed by atoms with Crippen LogP contribution in [-0.4, -0.2) is 34.7 Å². The molecule has 10 heteroatoms. The van der Waals surface area contributed by atoms with Crippen LogP contribution < -0.4 is 15.8 Å². The van der Waals surface area contributed by atoms with Crippen molar-refractivity contribution >= 4 is 41.1 Å². The third-order valence-corrected chi connectivity index (χ3v) is 6.55. The maximum absolute atomic E-state index is 12.1. The van der Waals surface area contributed by atoms with E-state index in [9.17, 15) is 9.59 Å². The fourth-order valence-corrected chi connectivity index (χ4v) is 4.72. The van der Waals surface area contributed by atoms with Crippen LogP contribution in [0.3, 0.4) is 0 Å². The number of carbonyl (C=O) groups is 2. The number of nitrogens with one attached hydrogen (secondary N) is 1. The minimum atomic E-state index is -0.570. The Bertz CT molecular complexity index is 1200. The molecule has 32 heavy (non-hydrogen) atoms. The largest absolute Gasteiger partial charge is 0.484 e. The number of carbonyl (C=O) groups excluding carboxylic acids is 2. The summed E-state index contributed by atoms with van der Waals surface area (Å²) in [5.41, 5.74) is 7.22. The highest BCUT2D eigenvalue weighted by atomic mass is 35.5. The van der Waals surface area contributed by atoms with Gasteiger partial charge in [-0.1, -0.05) is 29.8 Å². The van der Waals surface area contributed by atoms with Crippen LogP contribution in [0.25, 0.3) is 16.8 Å². The molecule has 1 aliphatic heterocycles. The van der Waals surface area contributed by atoms with Crippen LogP contribution in [0.5, 0.6) is 5.75 Å². The predicted molar refractivity (Wildman–Crippen MR) is 123 cm³/mol. The number of halogens is 1. The van der Waals surface area contributed by atoms with Crippen molar-refractivity contribution < 1.29 is 19.1 Å². The second-order valence-electron chi connectivity index (χ2n) is 7.17. The van der Waals surface area contributed by atoms with Gasteiger partial charge in [-0.25, -0.2) is 9.78 Å². The third-order valence-electron chi connectivity index (χ3n) is 5.05. The summed E-state index contributed by atoms with van der Waals surface area (Å²) >= 11 is 7.52. The molecule has 2 aromatic heterocycles. The Kier molecular flexibility index (Phi) is 6.20. The van der Waals surface area contributed by atoms with E-state index < -0.39 is 12.0 Å². The highest BCUT2D eigenvalue weighted by molar-refractivity contribution is 7.17. The Hall–Kier alpha value is -3.30. The highest BCUT2D eigenvalue weighted by Crippen LogP contribution is 2.39. The van der Waals surface area contributed by atoms with Gasteiger partial charge in [0, 0.05) is 29.3 Å². The fraction of sp³-hybridized carbons (Fsp3) is 0.227. The first kappa shape index (κ1) is 21.9. The summed E-state index contributed by atoms with van der Waals surface area (Å²) in [6.45, 7) is 1.86. The first-order valence-electron chi connectivity index (χ1n) is 9.81. The summed E-state index contributed by atoms with van der Waals surface area (Å²) in [5, 5.41) is 3.32. The molecule has 0 saturated heterocycles. The first-order valence-corrected chi connectivity index (χ1v) is 11.0. The molecule has 0 spiro atoms. The number of alkyl carbamates (subject to hydrolysis) is 1. The van der Waals surface area contributed by atoms with Crippen molar-refractivity contribution in [3.8, 4) is 16.3 Å². The van der Waals surface area contributed by atoms with Gasteiger partial charge in [-0.3, -0.25) is 4.79 Å². The van der Waals surface area contributed by atoms with Gasteiger partial charge in [0.05, 0.1) is 29.9 Å². The summed E-state index contributed by atoms with van der Waals surface area (Å²) in [7, 11) is 1.32. The van der Waals surface area contributed by atoms with Crippen LogP contribution in [0.1, 0.15) is 34.1 Å². The lowest BCUT2D eigenvalue weighted by atomic mass is 10.1. The van der Waals surface area contributed by atoms with Gasteiger partial charge in [-0.2, -0.15) is 0 Å². The highest BCUT2D eigenvalue weighted by Gasteiger charge is 2.24. The van der Waals surface area contributed by atoms with Gasteiger partial charge in [0.15, 0.2) is 0 Å². The molecule has 3 N–H and O–H groups in total. The second-order valence-corrected chi connectivity index (χ2v) is 8.63. The van der Waals surface area contributed by atoms with E-state index in [0.29, 0.717) is 22.1 Å². The zero-order valence-corrected chi connectivity index (χ0v) is 18.9. The number of ether oxygens (including phenoxy) is 2. The van der Waals surface area contributed by atoms with Gasteiger partial charge < -0.3 is 25.1 Å². The number of benzene rings is 1. The average molecular weight is 473 g/mol. The van der Waals surface area contributed by atoms with E-state index in [4.69, 9.17) is 22.1 Å². The van der Waals surface area contributed by atoms with E-state index in [2.05, 4.69) is 15.0 Å². The minimum Gasteiger partial charge on any atom is -0.484 e. The van der Waals surface area contributed by atoms with E-state index in [0.717, 1.165) is 22.0 Å². The molecule has 0 aliphatic carbocycles. The Morgan fingerprint density at radius 3 is 2.88 bits per heavy atom. The first-order chi connectivity index (χ1) is 15.4. The Balaban J connectivity index is 1.61. The molecule has 0 bridgehead atoms. The number of aromatic nitrogens is 2. The van der Waals surface area contributed by atoms with Crippen LogP contribution in [0.4, 0.5) is 4.79 Å². The molecule has 2 amide bonds. The normalized spacial score (nSPS) is 15.7. The van der Waals surface area contributed by atoms with Crippen LogP contribution in [0, 0.1) is 0 Å². The van der Waals surface area contributed by atoms with E-state index in [1.165, 1.54) is 18.4 Å². The van der Waals surface area contributed by atoms with E-state index in [1.807, 2.05) is 42.0 Å². The topological polar surface area (TPSA) is 108 Å². The van der Waals surface area contributed by atoms with Crippen molar-refractivity contribution in [2.75, 3.05) is 7.11 Å². The number of amides is 2. The lowest BCUT2D eigenvalue weighted by Crippen LogP contribution is -2.36. The third kappa shape index (κ3) is 4.35. The molecule has 2 atom stereocenters. The summed E-state index contributed by atoms with van der Waals surface area (Å²) < 4.78 is 12.6. The molecule has 3 heterocycles. The number of thiophene rings is 1. The van der Waals surface area contributed by atoms with Crippen LogP contribution in [0.15, 0.2) is 42.6 Å². The van der Waals surface area contributed by atoms with Crippen molar-refractivity contribution in [2.24, 2.45) is 5.73 Å². The molecule has 1 unspecified atom stereocenters. The Morgan fingerprint density at radius 1 is 1.38 bits per heavy atom. The number of rotatable bonds is 6. The monoisotopic (exact) mass is 472 g/mol. The van der Waals surface area contributed by atoms with E-state index in [-0.39, 0.29) is 12.1 Å². The van der Waals surface area contributed by atoms with Crippen molar-refractivity contribution in [3.63, 3.8) is 0 Å². The number of fused-ring (bicyclic) bond motifs is 1. The standard InChI is InChI=1S/C22H21ClN4O4S/c1-12(14-5-3-4-6-15(14)23)31-17-10-18(32-20(17)21(24)28)16-11-25-19-9-13(7-8-27(16)19)26-22(29)30-2/h3-8,10-13H,9H2,1-2H3,(H2,24,28)(H,26,29)/t12-,13?/m1/s1. The molecule has 0 saturated carbocycles. The number of imidazole rings is 1. The molecule has 1 aromatic carbocycles. The summed E-state index contributed by atoms with van der Waals surface area (Å²) in [4.78, 5) is 29.1. The molecule has 4 rings (SSSR count). The van der Waals surface area contributed by atoms with E-state index >= 15 is 0 Å². The molecule has 8 nitrogen and oxygen atoms in total. The number of nitrogens with two attached hydrogens (primary N) is 1. The molecular weight excluding hydrogens is 452 g/mol. The number of hydrogen-bond donors (Lipinski definition) is 2. The smallest absolute Gasteiger partial charge is 0.407 e. The number of primary amides is 1. The van der Waals surface area contributed by atoms with E-state index in [1.54, 1.807) is 18.3 Å². The molecule has 0 radical (unpaired) electrons. The maximum atomic E-state index is 12.1. The Morgan fingerprint density at radius 2 is 2.16 bits per heavy atom. The zero-order valence-electron chi connectivity index (χ0n) is 17.4.